The highest BCUT2D eigenvalue weighted by Gasteiger charge is 2.33. The smallest absolute Gasteiger partial charge is 0.323 e. The van der Waals surface area contributed by atoms with Crippen LogP contribution in [-0.2, 0) is 9.53 Å². The van der Waals surface area contributed by atoms with Crippen LogP contribution in [0.3, 0.4) is 0 Å². The minimum absolute atomic E-state index is 0.0980. The van der Waals surface area contributed by atoms with Gasteiger partial charge in [0.1, 0.15) is 12.1 Å². The van der Waals surface area contributed by atoms with Gasteiger partial charge in [0.15, 0.2) is 0 Å². The number of aliphatic hydroxyl groups is 1. The van der Waals surface area contributed by atoms with Crippen molar-refractivity contribution in [2.45, 2.75) is 63.7 Å². The first-order valence-corrected chi connectivity index (χ1v) is 6.82. The van der Waals surface area contributed by atoms with Gasteiger partial charge >= 0.3 is 5.97 Å². The zero-order valence-electron chi connectivity index (χ0n) is 10.5. The van der Waals surface area contributed by atoms with Crippen molar-refractivity contribution < 1.29 is 14.6 Å². The predicted molar refractivity (Wildman–Crippen MR) is 64.5 cm³/mol. The normalized spacial score (nSPS) is 38.0. The average molecular weight is 241 g/mol. The number of esters is 1. The first kappa shape index (κ1) is 12.8. The van der Waals surface area contributed by atoms with Gasteiger partial charge in [-0.2, -0.15) is 0 Å². The molecule has 2 fully saturated rings. The van der Waals surface area contributed by atoms with Gasteiger partial charge in [-0.05, 0) is 31.6 Å². The SMILES string of the molecule is CCC1CCCCC1OC(=O)[C@@H]1C[C@H](O)CN1. The molecule has 0 aromatic rings. The third kappa shape index (κ3) is 3.19. The third-order valence-electron chi connectivity index (χ3n) is 4.02. The van der Waals surface area contributed by atoms with Crippen molar-refractivity contribution in [2.24, 2.45) is 5.92 Å². The van der Waals surface area contributed by atoms with Gasteiger partial charge in [0.2, 0.25) is 0 Å². The number of carbonyl (C=O) groups excluding carboxylic acids is 1. The Hall–Kier alpha value is -0.610. The topological polar surface area (TPSA) is 58.6 Å². The lowest BCUT2D eigenvalue weighted by Gasteiger charge is -2.31. The molecule has 0 radical (unpaired) electrons. The minimum Gasteiger partial charge on any atom is -0.461 e. The number of β-amino-alcohol motifs (C(OH)–C–C–N with tert-alkyl or cyclic N) is 1. The monoisotopic (exact) mass is 241 g/mol. The third-order valence-corrected chi connectivity index (χ3v) is 4.02. The summed E-state index contributed by atoms with van der Waals surface area (Å²) in [5.41, 5.74) is 0. The summed E-state index contributed by atoms with van der Waals surface area (Å²) < 4.78 is 5.61. The van der Waals surface area contributed by atoms with E-state index in [1.54, 1.807) is 0 Å². The first-order valence-electron chi connectivity index (χ1n) is 6.82. The maximum atomic E-state index is 11.9. The second-order valence-corrected chi connectivity index (χ2v) is 5.28. The fraction of sp³-hybridized carbons (Fsp3) is 0.923. The Balaban J connectivity index is 1.84. The Bertz CT molecular complexity index is 269. The van der Waals surface area contributed by atoms with Crippen LogP contribution in [0.4, 0.5) is 0 Å². The van der Waals surface area contributed by atoms with Crippen LogP contribution in [-0.4, -0.2) is 35.9 Å². The van der Waals surface area contributed by atoms with Crippen molar-refractivity contribution in [1.82, 2.24) is 5.32 Å². The summed E-state index contributed by atoms with van der Waals surface area (Å²) in [5.74, 6) is 0.353. The summed E-state index contributed by atoms with van der Waals surface area (Å²) in [6.07, 6.45) is 5.86. The number of ether oxygens (including phenoxy) is 1. The Labute approximate surface area is 103 Å². The van der Waals surface area contributed by atoms with Crippen molar-refractivity contribution >= 4 is 5.97 Å². The molecule has 17 heavy (non-hydrogen) atoms. The number of aliphatic hydroxyl groups excluding tert-OH is 1. The van der Waals surface area contributed by atoms with E-state index in [1.807, 2.05) is 0 Å². The minimum atomic E-state index is -0.402. The molecule has 4 atom stereocenters. The molecule has 1 aliphatic carbocycles. The number of hydrogen-bond donors (Lipinski definition) is 2. The van der Waals surface area contributed by atoms with Crippen LogP contribution in [0.5, 0.6) is 0 Å². The van der Waals surface area contributed by atoms with E-state index in [-0.39, 0.29) is 18.1 Å². The number of carbonyl (C=O) groups is 1. The van der Waals surface area contributed by atoms with E-state index >= 15 is 0 Å². The zero-order chi connectivity index (χ0) is 12.3. The van der Waals surface area contributed by atoms with E-state index < -0.39 is 6.10 Å². The lowest BCUT2D eigenvalue weighted by atomic mass is 9.85. The lowest BCUT2D eigenvalue weighted by molar-refractivity contribution is -0.156. The molecule has 2 aliphatic rings. The molecule has 1 aliphatic heterocycles. The van der Waals surface area contributed by atoms with Crippen LogP contribution in [0, 0.1) is 5.92 Å². The van der Waals surface area contributed by atoms with Gasteiger partial charge < -0.3 is 15.2 Å². The molecule has 0 bridgehead atoms. The molecular weight excluding hydrogens is 218 g/mol. The van der Waals surface area contributed by atoms with Crippen LogP contribution in [0.15, 0.2) is 0 Å². The maximum Gasteiger partial charge on any atom is 0.323 e. The van der Waals surface area contributed by atoms with E-state index in [0.717, 1.165) is 19.3 Å². The van der Waals surface area contributed by atoms with E-state index in [9.17, 15) is 9.90 Å². The summed E-state index contributed by atoms with van der Waals surface area (Å²) in [5, 5.41) is 12.4. The van der Waals surface area contributed by atoms with Gasteiger partial charge in [0, 0.05) is 13.0 Å². The Kier molecular flexibility index (Phi) is 4.40. The second kappa shape index (κ2) is 5.83. The molecular formula is C13H23NO3. The first-order chi connectivity index (χ1) is 8.20. The summed E-state index contributed by atoms with van der Waals surface area (Å²) in [7, 11) is 0. The molecule has 0 aromatic carbocycles. The highest BCUT2D eigenvalue weighted by atomic mass is 16.5. The van der Waals surface area contributed by atoms with Gasteiger partial charge in [-0.15, -0.1) is 0 Å². The Morgan fingerprint density at radius 2 is 2.18 bits per heavy atom. The molecule has 0 spiro atoms. The van der Waals surface area contributed by atoms with Crippen molar-refractivity contribution in [3.63, 3.8) is 0 Å². The number of nitrogens with one attached hydrogen (secondary N) is 1. The summed E-state index contributed by atoms with van der Waals surface area (Å²) >= 11 is 0. The molecule has 98 valence electrons. The van der Waals surface area contributed by atoms with Crippen molar-refractivity contribution in [3.05, 3.63) is 0 Å². The fourth-order valence-electron chi connectivity index (χ4n) is 2.92. The van der Waals surface area contributed by atoms with Gasteiger partial charge in [0.25, 0.3) is 0 Å². The zero-order valence-corrected chi connectivity index (χ0v) is 10.5. The molecule has 4 heteroatoms. The fourth-order valence-corrected chi connectivity index (χ4v) is 2.92. The predicted octanol–water partition coefficient (Wildman–Crippen LogP) is 1.22. The van der Waals surface area contributed by atoms with Crippen LogP contribution in [0.2, 0.25) is 0 Å². The van der Waals surface area contributed by atoms with E-state index in [4.69, 9.17) is 4.74 Å². The summed E-state index contributed by atoms with van der Waals surface area (Å²) in [6, 6.07) is -0.301. The van der Waals surface area contributed by atoms with E-state index in [1.165, 1.54) is 12.8 Å². The standard InChI is InChI=1S/C13H23NO3/c1-2-9-5-3-4-6-12(9)17-13(16)11-7-10(15)8-14-11/h9-12,14-15H,2-8H2,1H3/t9?,10-,11-,12?/m0/s1. The molecule has 1 saturated heterocycles. The van der Waals surface area contributed by atoms with Crippen molar-refractivity contribution in [2.75, 3.05) is 6.54 Å². The summed E-state index contributed by atoms with van der Waals surface area (Å²) in [6.45, 7) is 2.66. The number of hydrogen-bond acceptors (Lipinski definition) is 4. The molecule has 2 rings (SSSR count). The van der Waals surface area contributed by atoms with Gasteiger partial charge in [-0.3, -0.25) is 4.79 Å². The molecule has 2 N–H and O–H groups in total. The van der Waals surface area contributed by atoms with Crippen LogP contribution in [0.1, 0.15) is 45.4 Å². The Morgan fingerprint density at radius 3 is 2.82 bits per heavy atom. The Morgan fingerprint density at radius 1 is 1.41 bits per heavy atom. The molecule has 4 nitrogen and oxygen atoms in total. The highest BCUT2D eigenvalue weighted by molar-refractivity contribution is 5.76. The maximum absolute atomic E-state index is 11.9. The summed E-state index contributed by atoms with van der Waals surface area (Å²) in [4.78, 5) is 11.9. The lowest BCUT2D eigenvalue weighted by Crippen LogP contribution is -2.38. The highest BCUT2D eigenvalue weighted by Crippen LogP contribution is 2.29. The van der Waals surface area contributed by atoms with Gasteiger partial charge in [-0.1, -0.05) is 13.3 Å². The second-order valence-electron chi connectivity index (χ2n) is 5.28. The number of rotatable bonds is 3. The van der Waals surface area contributed by atoms with Gasteiger partial charge in [0.05, 0.1) is 6.10 Å². The van der Waals surface area contributed by atoms with Crippen molar-refractivity contribution in [3.8, 4) is 0 Å². The molecule has 0 aromatic heterocycles. The molecule has 1 saturated carbocycles. The van der Waals surface area contributed by atoms with Crippen LogP contribution < -0.4 is 5.32 Å². The molecule has 0 amide bonds. The quantitative estimate of drug-likeness (QED) is 0.729. The molecule has 1 heterocycles. The van der Waals surface area contributed by atoms with Crippen molar-refractivity contribution in [1.29, 1.82) is 0 Å². The van der Waals surface area contributed by atoms with E-state index in [2.05, 4.69) is 12.2 Å². The van der Waals surface area contributed by atoms with Gasteiger partial charge in [-0.25, -0.2) is 0 Å². The van der Waals surface area contributed by atoms with E-state index in [0.29, 0.717) is 18.9 Å². The molecule has 2 unspecified atom stereocenters. The average Bonchev–Trinajstić information content (AvgIpc) is 2.77. The van der Waals surface area contributed by atoms with Crippen LogP contribution >= 0.6 is 0 Å². The van der Waals surface area contributed by atoms with Crippen LogP contribution in [0.25, 0.3) is 0 Å². The largest absolute Gasteiger partial charge is 0.461 e.